The van der Waals surface area contributed by atoms with E-state index in [1.807, 2.05) is 74.5 Å². The highest BCUT2D eigenvalue weighted by molar-refractivity contribution is 5.54. The highest BCUT2D eigenvalue weighted by Gasteiger charge is 2.31. The Labute approximate surface area is 417 Å². The van der Waals surface area contributed by atoms with E-state index in [1.165, 1.54) is 38.9 Å². The average molecular weight is 930 g/mol. The summed E-state index contributed by atoms with van der Waals surface area (Å²) < 4.78 is 0. The molecule has 8 aromatic rings. The molecule has 4 N–H and O–H groups in total. The molecule has 5 nitrogen and oxygen atoms in total. The minimum atomic E-state index is -0.266. The average Bonchev–Trinajstić information content (AvgIpc) is 3.36. The summed E-state index contributed by atoms with van der Waals surface area (Å²) in [6.45, 7) is 26.0. The second-order valence-electron chi connectivity index (χ2n) is 21.3. The van der Waals surface area contributed by atoms with Crippen LogP contribution in [0.2, 0.25) is 0 Å². The molecule has 0 amide bonds. The van der Waals surface area contributed by atoms with Gasteiger partial charge in [-0.05, 0) is 117 Å². The Hall–Kier alpha value is -7.11. The largest absolute Gasteiger partial charge is 0.508 e. The first kappa shape index (κ1) is 50.8. The van der Waals surface area contributed by atoms with E-state index in [-0.39, 0.29) is 39.2 Å². The number of phenolic OH excluding ortho intramolecular Hbond substituents is 4. The number of nitrogens with zero attached hydrogens (tertiary/aromatic N) is 1. The van der Waals surface area contributed by atoms with Gasteiger partial charge >= 0.3 is 0 Å². The van der Waals surface area contributed by atoms with Crippen LogP contribution in [0.1, 0.15) is 159 Å². The lowest BCUT2D eigenvalue weighted by Crippen LogP contribution is -2.23. The van der Waals surface area contributed by atoms with Crippen molar-refractivity contribution < 1.29 is 20.4 Å². The summed E-state index contributed by atoms with van der Waals surface area (Å²) in [5.41, 5.74) is 14.6. The van der Waals surface area contributed by atoms with Gasteiger partial charge in [-0.1, -0.05) is 197 Å². The number of benzene rings is 7. The van der Waals surface area contributed by atoms with E-state index in [0.717, 1.165) is 38.9 Å². The minimum absolute atomic E-state index is 0.0525. The van der Waals surface area contributed by atoms with Gasteiger partial charge in [0.05, 0.1) is 0 Å². The van der Waals surface area contributed by atoms with E-state index in [0.29, 0.717) is 17.2 Å². The Bertz CT molecular complexity index is 3060. The van der Waals surface area contributed by atoms with Crippen LogP contribution in [0.3, 0.4) is 0 Å². The molecule has 0 saturated heterocycles. The standard InChI is InChI=1S/C33H36O2.C32H35NO2/c1-22-20-28(21-30(31(22)35)23(2)24-10-8-7-9-11-24)33(5,6)26-14-12-25(13-15-26)32(3,4)27-16-18-29(34)19-17-27;1-21-18-26(10-12-29(21)34)31(3,4)24-8-7-9-25(19-24)32(5,6)27-11-13-30(35)28(20-27)22(2)23-14-16-33-17-15-23/h7-21,23,34-35H,1-6H3;7-20,22,34-35H,1-6H3. The van der Waals surface area contributed by atoms with Crippen molar-refractivity contribution in [2.45, 2.75) is 117 Å². The molecule has 0 aliphatic heterocycles. The van der Waals surface area contributed by atoms with Crippen LogP contribution in [0, 0.1) is 13.8 Å². The maximum absolute atomic E-state index is 10.9. The number of aromatic hydroxyl groups is 4. The second-order valence-corrected chi connectivity index (χ2v) is 21.3. The van der Waals surface area contributed by atoms with Gasteiger partial charge in [0.1, 0.15) is 23.0 Å². The summed E-state index contributed by atoms with van der Waals surface area (Å²) in [6.07, 6.45) is 3.58. The van der Waals surface area contributed by atoms with Crippen LogP contribution in [0.25, 0.3) is 0 Å². The van der Waals surface area contributed by atoms with Crippen LogP contribution in [0.4, 0.5) is 0 Å². The molecule has 0 spiro atoms. The molecule has 0 radical (unpaired) electrons. The zero-order chi connectivity index (χ0) is 50.8. The molecule has 8 rings (SSSR count). The summed E-state index contributed by atoms with van der Waals surface area (Å²) in [7, 11) is 0. The molecular formula is C65H71NO4. The lowest BCUT2D eigenvalue weighted by Gasteiger charge is -2.31. The van der Waals surface area contributed by atoms with E-state index in [1.54, 1.807) is 30.6 Å². The first-order chi connectivity index (χ1) is 33.0. The molecule has 2 atom stereocenters. The Morgan fingerprint density at radius 2 is 0.757 bits per heavy atom. The van der Waals surface area contributed by atoms with Crippen LogP contribution < -0.4 is 0 Å². The van der Waals surface area contributed by atoms with Crippen molar-refractivity contribution in [2.75, 3.05) is 0 Å². The predicted octanol–water partition coefficient (Wildman–Crippen LogP) is 15.8. The van der Waals surface area contributed by atoms with Gasteiger partial charge < -0.3 is 20.4 Å². The Balaban J connectivity index is 0.000000206. The molecule has 0 fully saturated rings. The summed E-state index contributed by atoms with van der Waals surface area (Å²) in [5.74, 6) is 1.45. The fraction of sp³-hybridized carbons (Fsp3) is 0.277. The number of aromatic nitrogens is 1. The van der Waals surface area contributed by atoms with E-state index in [2.05, 4.69) is 159 Å². The van der Waals surface area contributed by atoms with Crippen molar-refractivity contribution in [3.8, 4) is 23.0 Å². The summed E-state index contributed by atoms with van der Waals surface area (Å²) >= 11 is 0. The quantitative estimate of drug-likeness (QED) is 0.0979. The lowest BCUT2D eigenvalue weighted by molar-refractivity contribution is 0.460. The molecule has 7 aromatic carbocycles. The molecule has 0 aliphatic rings. The maximum atomic E-state index is 10.9. The van der Waals surface area contributed by atoms with Gasteiger partial charge in [0.15, 0.2) is 0 Å². The molecule has 5 heteroatoms. The van der Waals surface area contributed by atoms with E-state index in [9.17, 15) is 20.4 Å². The van der Waals surface area contributed by atoms with Crippen LogP contribution >= 0.6 is 0 Å². The third-order valence-corrected chi connectivity index (χ3v) is 15.4. The zero-order valence-corrected chi connectivity index (χ0v) is 43.1. The predicted molar refractivity (Wildman–Crippen MR) is 289 cm³/mol. The molecular weight excluding hydrogens is 859 g/mol. The first-order valence-electron chi connectivity index (χ1n) is 24.5. The van der Waals surface area contributed by atoms with Crippen LogP contribution in [0.5, 0.6) is 23.0 Å². The van der Waals surface area contributed by atoms with E-state index in [4.69, 9.17) is 0 Å². The van der Waals surface area contributed by atoms with Gasteiger partial charge in [0.2, 0.25) is 0 Å². The number of hydrogen-bond donors (Lipinski definition) is 4. The molecule has 360 valence electrons. The van der Waals surface area contributed by atoms with Crippen molar-refractivity contribution in [1.82, 2.24) is 4.98 Å². The maximum Gasteiger partial charge on any atom is 0.122 e. The highest BCUT2D eigenvalue weighted by atomic mass is 16.3. The third-order valence-electron chi connectivity index (χ3n) is 15.4. The second kappa shape index (κ2) is 20.1. The number of phenols is 4. The molecule has 2 unspecified atom stereocenters. The van der Waals surface area contributed by atoms with Crippen LogP contribution in [-0.2, 0) is 21.7 Å². The summed E-state index contributed by atoms with van der Waals surface area (Å²) in [6, 6.07) is 55.6. The summed E-state index contributed by atoms with van der Waals surface area (Å²) in [5, 5.41) is 41.3. The SMILES string of the molecule is Cc1cc(C(C)(C)c2ccc(C(C)(C)c3ccc(O)cc3)cc2)cc(C(C)c2ccccc2)c1O.Cc1cc(C(C)(C)c2cccc(C(C)(C)c3ccc(O)c(C(C)c4ccncc4)c3)c2)ccc1O. The van der Waals surface area contributed by atoms with Gasteiger partial charge in [-0.3, -0.25) is 4.98 Å². The Morgan fingerprint density at radius 3 is 1.30 bits per heavy atom. The molecule has 0 aliphatic carbocycles. The van der Waals surface area contributed by atoms with Crippen LogP contribution in [0.15, 0.2) is 176 Å². The molecule has 1 heterocycles. The van der Waals surface area contributed by atoms with Gasteiger partial charge in [0.25, 0.3) is 0 Å². The number of rotatable bonds is 12. The van der Waals surface area contributed by atoms with Crippen molar-refractivity contribution in [3.05, 3.63) is 254 Å². The van der Waals surface area contributed by atoms with Gasteiger partial charge in [-0.15, -0.1) is 0 Å². The monoisotopic (exact) mass is 930 g/mol. The molecule has 70 heavy (non-hydrogen) atoms. The molecule has 1 aromatic heterocycles. The van der Waals surface area contributed by atoms with E-state index < -0.39 is 0 Å². The van der Waals surface area contributed by atoms with Gasteiger partial charge in [0, 0.05) is 57.0 Å². The number of pyridine rings is 1. The van der Waals surface area contributed by atoms with Crippen LogP contribution in [-0.4, -0.2) is 25.4 Å². The van der Waals surface area contributed by atoms with Crippen molar-refractivity contribution >= 4 is 0 Å². The highest BCUT2D eigenvalue weighted by Crippen LogP contribution is 2.43. The molecule has 0 bridgehead atoms. The van der Waals surface area contributed by atoms with Crippen molar-refractivity contribution in [2.24, 2.45) is 0 Å². The Morgan fingerprint density at radius 1 is 0.357 bits per heavy atom. The zero-order valence-electron chi connectivity index (χ0n) is 43.1. The summed E-state index contributed by atoms with van der Waals surface area (Å²) in [4.78, 5) is 4.12. The fourth-order valence-electron chi connectivity index (χ4n) is 9.73. The number of hydrogen-bond acceptors (Lipinski definition) is 5. The van der Waals surface area contributed by atoms with Gasteiger partial charge in [-0.2, -0.15) is 0 Å². The third kappa shape index (κ3) is 10.4. The number of aryl methyl sites for hydroxylation is 2. The minimum Gasteiger partial charge on any atom is -0.508 e. The van der Waals surface area contributed by atoms with Gasteiger partial charge in [-0.25, -0.2) is 0 Å². The first-order valence-corrected chi connectivity index (χ1v) is 24.5. The fourth-order valence-corrected chi connectivity index (χ4v) is 9.73. The topological polar surface area (TPSA) is 93.8 Å². The van der Waals surface area contributed by atoms with E-state index >= 15 is 0 Å². The van der Waals surface area contributed by atoms with Crippen molar-refractivity contribution in [1.29, 1.82) is 0 Å². The van der Waals surface area contributed by atoms with Crippen molar-refractivity contribution in [3.63, 3.8) is 0 Å². The smallest absolute Gasteiger partial charge is 0.122 e. The lowest BCUT2D eigenvalue weighted by atomic mass is 9.72. The Kier molecular flexibility index (Phi) is 14.6. The molecule has 0 saturated carbocycles. The normalized spacial score (nSPS) is 13.0.